The Morgan fingerprint density at radius 3 is 2.69 bits per heavy atom. The number of halogens is 1. The molecule has 2 heterocycles. The van der Waals surface area contributed by atoms with Crippen molar-refractivity contribution in [2.45, 2.75) is 25.8 Å². The summed E-state index contributed by atoms with van der Waals surface area (Å²) in [4.78, 5) is 2.55. The van der Waals surface area contributed by atoms with Gasteiger partial charge in [-0.1, -0.05) is 6.42 Å². The number of piperidine rings is 1. The first-order chi connectivity index (χ1) is 6.34. The van der Waals surface area contributed by atoms with Gasteiger partial charge in [-0.05, 0) is 58.9 Å². The summed E-state index contributed by atoms with van der Waals surface area (Å²) in [5.74, 6) is 0. The molecule has 1 aromatic rings. The van der Waals surface area contributed by atoms with Crippen molar-refractivity contribution in [2.24, 2.45) is 0 Å². The largest absolute Gasteiger partial charge is 0.299 e. The molecule has 0 saturated carbocycles. The zero-order valence-electron chi connectivity index (χ0n) is 7.63. The second-order valence-electron chi connectivity index (χ2n) is 3.60. The van der Waals surface area contributed by atoms with Crippen molar-refractivity contribution in [2.75, 3.05) is 13.1 Å². The first-order valence-electron chi connectivity index (χ1n) is 4.80. The van der Waals surface area contributed by atoms with Crippen LogP contribution in [0, 0.1) is 0 Å². The first kappa shape index (κ1) is 9.69. The zero-order chi connectivity index (χ0) is 9.10. The second kappa shape index (κ2) is 4.58. The van der Waals surface area contributed by atoms with Crippen LogP contribution in [0.3, 0.4) is 0 Å². The van der Waals surface area contributed by atoms with Crippen molar-refractivity contribution in [1.82, 2.24) is 4.90 Å². The molecule has 0 unspecified atom stereocenters. The van der Waals surface area contributed by atoms with Crippen molar-refractivity contribution in [3.8, 4) is 0 Å². The van der Waals surface area contributed by atoms with Crippen molar-refractivity contribution >= 4 is 27.3 Å². The topological polar surface area (TPSA) is 3.24 Å². The molecule has 0 aliphatic carbocycles. The molecule has 1 saturated heterocycles. The Kier molecular flexibility index (Phi) is 3.41. The maximum absolute atomic E-state index is 3.50. The fourth-order valence-electron chi connectivity index (χ4n) is 1.80. The van der Waals surface area contributed by atoms with Gasteiger partial charge in [-0.25, -0.2) is 0 Å². The van der Waals surface area contributed by atoms with E-state index in [4.69, 9.17) is 0 Å². The Balaban J connectivity index is 1.89. The summed E-state index contributed by atoms with van der Waals surface area (Å²) in [5, 5.41) is 2.25. The summed E-state index contributed by atoms with van der Waals surface area (Å²) >= 11 is 5.28. The van der Waals surface area contributed by atoms with E-state index in [0.717, 1.165) is 6.54 Å². The molecule has 0 spiro atoms. The van der Waals surface area contributed by atoms with E-state index in [9.17, 15) is 0 Å². The summed E-state index contributed by atoms with van der Waals surface area (Å²) < 4.78 is 1.25. The van der Waals surface area contributed by atoms with Gasteiger partial charge < -0.3 is 0 Å². The Labute approximate surface area is 91.9 Å². The lowest BCUT2D eigenvalue weighted by molar-refractivity contribution is 0.221. The zero-order valence-corrected chi connectivity index (χ0v) is 10.0. The van der Waals surface area contributed by atoms with E-state index in [1.54, 1.807) is 11.3 Å². The van der Waals surface area contributed by atoms with Crippen LogP contribution in [0.25, 0.3) is 0 Å². The predicted octanol–water partition coefficient (Wildman–Crippen LogP) is 3.50. The Morgan fingerprint density at radius 2 is 2.08 bits per heavy atom. The van der Waals surface area contributed by atoms with Gasteiger partial charge in [-0.15, -0.1) is 11.3 Å². The molecular formula is C10H14BrNS. The number of hydrogen-bond donors (Lipinski definition) is 0. The molecule has 0 atom stereocenters. The summed E-state index contributed by atoms with van der Waals surface area (Å²) in [6.45, 7) is 3.71. The van der Waals surface area contributed by atoms with Crippen LogP contribution < -0.4 is 0 Å². The lowest BCUT2D eigenvalue weighted by Crippen LogP contribution is -2.28. The molecule has 1 aliphatic rings. The molecule has 3 heteroatoms. The number of likely N-dealkylation sites (tertiary alicyclic amines) is 1. The minimum Gasteiger partial charge on any atom is -0.299 e. The number of hydrogen-bond acceptors (Lipinski definition) is 2. The maximum atomic E-state index is 3.50. The fourth-order valence-corrected chi connectivity index (χ4v) is 3.00. The van der Waals surface area contributed by atoms with Crippen molar-refractivity contribution in [3.05, 3.63) is 20.8 Å². The van der Waals surface area contributed by atoms with Gasteiger partial charge in [0, 0.05) is 6.54 Å². The van der Waals surface area contributed by atoms with Crippen LogP contribution >= 0.6 is 27.3 Å². The van der Waals surface area contributed by atoms with Crippen molar-refractivity contribution in [1.29, 1.82) is 0 Å². The number of nitrogens with zero attached hydrogens (tertiary/aromatic N) is 1. The Bertz CT molecular complexity index is 266. The Hall–Kier alpha value is 0.140. The van der Waals surface area contributed by atoms with Gasteiger partial charge >= 0.3 is 0 Å². The van der Waals surface area contributed by atoms with Gasteiger partial charge in [0.1, 0.15) is 0 Å². The lowest BCUT2D eigenvalue weighted by Gasteiger charge is -2.25. The van der Waals surface area contributed by atoms with Gasteiger partial charge in [-0.2, -0.15) is 0 Å². The molecule has 1 aromatic heterocycles. The fraction of sp³-hybridized carbons (Fsp3) is 0.600. The average Bonchev–Trinajstić information content (AvgIpc) is 2.53. The minimum absolute atomic E-state index is 1.14. The first-order valence-corrected chi connectivity index (χ1v) is 6.47. The quantitative estimate of drug-likeness (QED) is 0.786. The lowest BCUT2D eigenvalue weighted by atomic mass is 10.1. The summed E-state index contributed by atoms with van der Waals surface area (Å²) in [6, 6.07) is 2.24. The third-order valence-electron chi connectivity index (χ3n) is 2.48. The highest BCUT2D eigenvalue weighted by atomic mass is 79.9. The Morgan fingerprint density at radius 1 is 1.31 bits per heavy atom. The molecule has 0 aromatic carbocycles. The van der Waals surface area contributed by atoms with Gasteiger partial charge in [0.2, 0.25) is 0 Å². The molecule has 1 fully saturated rings. The van der Waals surface area contributed by atoms with Crippen LogP contribution in [0.4, 0.5) is 0 Å². The molecule has 2 rings (SSSR count). The molecule has 0 amide bonds. The molecule has 0 radical (unpaired) electrons. The monoisotopic (exact) mass is 259 g/mol. The molecule has 0 N–H and O–H groups in total. The van der Waals surface area contributed by atoms with Crippen LogP contribution in [-0.2, 0) is 6.54 Å². The summed E-state index contributed by atoms with van der Waals surface area (Å²) in [7, 11) is 0. The standard InChI is InChI=1S/C10H14BrNS/c11-10-6-9(8-13-10)7-12-4-2-1-3-5-12/h6,8H,1-5,7H2. The SMILES string of the molecule is Brc1cc(CN2CCCCC2)cs1. The van der Waals surface area contributed by atoms with Crippen molar-refractivity contribution < 1.29 is 0 Å². The highest BCUT2D eigenvalue weighted by molar-refractivity contribution is 9.11. The molecule has 72 valence electrons. The van der Waals surface area contributed by atoms with E-state index in [-0.39, 0.29) is 0 Å². The number of rotatable bonds is 2. The van der Waals surface area contributed by atoms with E-state index in [1.807, 2.05) is 0 Å². The van der Waals surface area contributed by atoms with E-state index >= 15 is 0 Å². The average molecular weight is 260 g/mol. The van der Waals surface area contributed by atoms with Crippen LogP contribution in [0.15, 0.2) is 15.2 Å². The molecule has 13 heavy (non-hydrogen) atoms. The van der Waals surface area contributed by atoms with Crippen LogP contribution in [0.2, 0.25) is 0 Å². The van der Waals surface area contributed by atoms with E-state index in [1.165, 1.54) is 41.7 Å². The number of thiophene rings is 1. The van der Waals surface area contributed by atoms with Gasteiger partial charge in [0.15, 0.2) is 0 Å². The third-order valence-corrected chi connectivity index (χ3v) is 4.03. The van der Waals surface area contributed by atoms with Gasteiger partial charge in [-0.3, -0.25) is 4.90 Å². The van der Waals surface area contributed by atoms with Gasteiger partial charge in [0.25, 0.3) is 0 Å². The molecule has 0 bridgehead atoms. The smallest absolute Gasteiger partial charge is 0.0701 e. The van der Waals surface area contributed by atoms with E-state index in [2.05, 4.69) is 32.3 Å². The molecule has 1 nitrogen and oxygen atoms in total. The maximum Gasteiger partial charge on any atom is 0.0701 e. The second-order valence-corrected chi connectivity index (χ2v) is 5.89. The van der Waals surface area contributed by atoms with Crippen LogP contribution in [-0.4, -0.2) is 18.0 Å². The summed E-state index contributed by atoms with van der Waals surface area (Å²) in [5.41, 5.74) is 1.46. The predicted molar refractivity (Wildman–Crippen MR) is 61.1 cm³/mol. The minimum atomic E-state index is 1.14. The normalized spacial score (nSPS) is 19.2. The van der Waals surface area contributed by atoms with E-state index in [0.29, 0.717) is 0 Å². The van der Waals surface area contributed by atoms with Crippen LogP contribution in [0.1, 0.15) is 24.8 Å². The van der Waals surface area contributed by atoms with Crippen LogP contribution in [0.5, 0.6) is 0 Å². The van der Waals surface area contributed by atoms with Gasteiger partial charge in [0.05, 0.1) is 3.79 Å². The third kappa shape index (κ3) is 2.79. The highest BCUT2D eigenvalue weighted by Gasteiger charge is 2.10. The van der Waals surface area contributed by atoms with E-state index < -0.39 is 0 Å². The molecule has 1 aliphatic heterocycles. The summed E-state index contributed by atoms with van der Waals surface area (Å²) in [6.07, 6.45) is 4.18. The highest BCUT2D eigenvalue weighted by Crippen LogP contribution is 2.22. The molecular weight excluding hydrogens is 246 g/mol. The van der Waals surface area contributed by atoms with Crippen molar-refractivity contribution in [3.63, 3.8) is 0 Å².